The third-order valence-corrected chi connectivity index (χ3v) is 4.47. The van der Waals surface area contributed by atoms with Crippen LogP contribution in [0.25, 0.3) is 0 Å². The molecule has 2 atom stereocenters. The van der Waals surface area contributed by atoms with Crippen LogP contribution < -0.4 is 0 Å². The molecule has 0 saturated carbocycles. The highest BCUT2D eigenvalue weighted by Gasteiger charge is 2.47. The number of rotatable bonds is 2. The molecule has 1 aromatic rings. The molecular weight excluding hydrogens is 258 g/mol. The van der Waals surface area contributed by atoms with E-state index in [1.54, 1.807) is 12.4 Å². The summed E-state index contributed by atoms with van der Waals surface area (Å²) in [5, 5.41) is 9.82. The molecule has 2 aliphatic rings. The molecule has 1 fully saturated rings. The first kappa shape index (κ1) is 13.4. The molecule has 3 heteroatoms. The lowest BCUT2D eigenvalue weighted by Crippen LogP contribution is -2.49. The number of hydrogen-bond donors (Lipinski definition) is 0. The van der Waals surface area contributed by atoms with Crippen LogP contribution in [0.15, 0.2) is 30.6 Å². The Balaban J connectivity index is 1.96. The number of nitriles is 1. The first-order valence-corrected chi connectivity index (χ1v) is 6.93. The molecule has 2 unspecified atom stereocenters. The highest BCUT2D eigenvalue weighted by molar-refractivity contribution is 5.41. The van der Waals surface area contributed by atoms with E-state index < -0.39 is 5.41 Å². The van der Waals surface area contributed by atoms with Gasteiger partial charge in [-0.3, -0.25) is 9.88 Å². The van der Waals surface area contributed by atoms with Crippen LogP contribution in [0.4, 0.5) is 0 Å². The SMILES string of the molecule is C#CCN1C2C=CC1CC(C#N)(c1cncc(C#C)c1)C2. The fraction of sp³-hybridized carbons (Fsp3) is 0.333. The minimum Gasteiger partial charge on any atom is -0.279 e. The van der Waals surface area contributed by atoms with Crippen LogP contribution in [0, 0.1) is 36.0 Å². The summed E-state index contributed by atoms with van der Waals surface area (Å²) in [7, 11) is 0. The van der Waals surface area contributed by atoms with Crippen LogP contribution >= 0.6 is 0 Å². The van der Waals surface area contributed by atoms with Crippen LogP contribution in [0.1, 0.15) is 24.0 Å². The Kier molecular flexibility index (Phi) is 3.26. The summed E-state index contributed by atoms with van der Waals surface area (Å²) in [4.78, 5) is 6.46. The van der Waals surface area contributed by atoms with Gasteiger partial charge < -0.3 is 0 Å². The zero-order chi connectivity index (χ0) is 14.9. The summed E-state index contributed by atoms with van der Waals surface area (Å²) in [6.07, 6.45) is 20.1. The molecule has 102 valence electrons. The second-order valence-corrected chi connectivity index (χ2v) is 5.60. The van der Waals surface area contributed by atoms with Crippen molar-refractivity contribution in [1.82, 2.24) is 9.88 Å². The summed E-state index contributed by atoms with van der Waals surface area (Å²) in [5.74, 6) is 5.30. The number of aromatic nitrogens is 1. The maximum atomic E-state index is 9.82. The minimum absolute atomic E-state index is 0.217. The van der Waals surface area contributed by atoms with Crippen LogP contribution in [0.5, 0.6) is 0 Å². The zero-order valence-corrected chi connectivity index (χ0v) is 11.7. The topological polar surface area (TPSA) is 39.9 Å². The summed E-state index contributed by atoms with van der Waals surface area (Å²) in [5.41, 5.74) is 1.09. The summed E-state index contributed by atoms with van der Waals surface area (Å²) in [6.45, 7) is 0.618. The maximum absolute atomic E-state index is 9.82. The van der Waals surface area contributed by atoms with Crippen molar-refractivity contribution in [3.63, 3.8) is 0 Å². The Morgan fingerprint density at radius 3 is 2.57 bits per heavy atom. The Bertz CT molecular complexity index is 695. The maximum Gasteiger partial charge on any atom is 0.0873 e. The second-order valence-electron chi connectivity index (χ2n) is 5.60. The average molecular weight is 273 g/mol. The molecule has 0 aliphatic carbocycles. The van der Waals surface area contributed by atoms with Gasteiger partial charge >= 0.3 is 0 Å². The van der Waals surface area contributed by atoms with Gasteiger partial charge in [0.1, 0.15) is 0 Å². The van der Waals surface area contributed by atoms with Crippen molar-refractivity contribution in [1.29, 1.82) is 5.26 Å². The molecule has 0 radical (unpaired) electrons. The lowest BCUT2D eigenvalue weighted by Gasteiger charge is -2.42. The predicted molar refractivity (Wildman–Crippen MR) is 81.0 cm³/mol. The van der Waals surface area contributed by atoms with E-state index in [2.05, 4.69) is 39.9 Å². The lowest BCUT2D eigenvalue weighted by molar-refractivity contribution is 0.135. The largest absolute Gasteiger partial charge is 0.279 e. The normalized spacial score (nSPS) is 30.3. The number of nitrogens with zero attached hydrogens (tertiary/aromatic N) is 3. The molecule has 1 aromatic heterocycles. The van der Waals surface area contributed by atoms with Gasteiger partial charge in [-0.15, -0.1) is 12.8 Å². The van der Waals surface area contributed by atoms with Crippen molar-refractivity contribution in [2.24, 2.45) is 0 Å². The molecule has 0 amide bonds. The van der Waals surface area contributed by atoms with Gasteiger partial charge in [-0.25, -0.2) is 0 Å². The molecule has 0 N–H and O–H groups in total. The van der Waals surface area contributed by atoms with Crippen molar-refractivity contribution < 1.29 is 0 Å². The van der Waals surface area contributed by atoms with Crippen molar-refractivity contribution in [2.75, 3.05) is 6.54 Å². The van der Waals surface area contributed by atoms with E-state index in [4.69, 9.17) is 12.8 Å². The Hall–Kier alpha value is -2.54. The number of terminal acetylenes is 2. The van der Waals surface area contributed by atoms with Crippen LogP contribution in [-0.2, 0) is 5.41 Å². The third-order valence-electron chi connectivity index (χ3n) is 4.47. The highest BCUT2D eigenvalue weighted by atomic mass is 15.2. The minimum atomic E-state index is -0.538. The number of fused-ring (bicyclic) bond motifs is 2. The molecule has 3 heterocycles. The van der Waals surface area contributed by atoms with E-state index >= 15 is 0 Å². The predicted octanol–water partition coefficient (Wildman–Crippen LogP) is 1.86. The van der Waals surface area contributed by atoms with Gasteiger partial charge in [-0.2, -0.15) is 5.26 Å². The number of piperidine rings is 1. The molecular formula is C18H15N3. The third kappa shape index (κ3) is 2.11. The van der Waals surface area contributed by atoms with Gasteiger partial charge in [-0.1, -0.05) is 24.0 Å². The molecule has 0 spiro atoms. The molecule has 1 saturated heterocycles. The Morgan fingerprint density at radius 1 is 1.29 bits per heavy atom. The smallest absolute Gasteiger partial charge is 0.0873 e. The van der Waals surface area contributed by atoms with Crippen molar-refractivity contribution >= 4 is 0 Å². The highest BCUT2D eigenvalue weighted by Crippen LogP contribution is 2.43. The number of hydrogen-bond acceptors (Lipinski definition) is 3. The quantitative estimate of drug-likeness (QED) is 0.610. The van der Waals surface area contributed by atoms with E-state index in [9.17, 15) is 5.26 Å². The van der Waals surface area contributed by atoms with Gasteiger partial charge in [0, 0.05) is 30.0 Å². The van der Waals surface area contributed by atoms with Gasteiger partial charge in [-0.05, 0) is 24.5 Å². The molecule has 2 aliphatic heterocycles. The van der Waals surface area contributed by atoms with E-state index in [1.165, 1.54) is 0 Å². The van der Waals surface area contributed by atoms with Gasteiger partial charge in [0.25, 0.3) is 0 Å². The molecule has 3 nitrogen and oxygen atoms in total. The summed E-state index contributed by atoms with van der Waals surface area (Å²) >= 11 is 0. The summed E-state index contributed by atoms with van der Waals surface area (Å²) < 4.78 is 0. The molecule has 3 rings (SSSR count). The van der Waals surface area contributed by atoms with Crippen LogP contribution in [0.2, 0.25) is 0 Å². The number of pyridine rings is 1. The van der Waals surface area contributed by atoms with Crippen molar-refractivity contribution in [3.05, 3.63) is 41.7 Å². The lowest BCUT2D eigenvalue weighted by atomic mass is 9.71. The van der Waals surface area contributed by atoms with Gasteiger partial charge in [0.05, 0.1) is 18.0 Å². The fourth-order valence-corrected chi connectivity index (χ4v) is 3.40. The van der Waals surface area contributed by atoms with Gasteiger partial charge in [0.15, 0.2) is 0 Å². The average Bonchev–Trinajstić information content (AvgIpc) is 2.78. The second kappa shape index (κ2) is 5.10. The van der Waals surface area contributed by atoms with Crippen LogP contribution in [0.3, 0.4) is 0 Å². The molecule has 21 heavy (non-hydrogen) atoms. The first-order valence-electron chi connectivity index (χ1n) is 6.93. The van der Waals surface area contributed by atoms with Gasteiger partial charge in [0.2, 0.25) is 0 Å². The fourth-order valence-electron chi connectivity index (χ4n) is 3.40. The zero-order valence-electron chi connectivity index (χ0n) is 11.7. The van der Waals surface area contributed by atoms with E-state index in [0.29, 0.717) is 12.1 Å². The Morgan fingerprint density at radius 2 is 2.00 bits per heavy atom. The van der Waals surface area contributed by atoms with E-state index in [0.717, 1.165) is 18.4 Å². The molecule has 0 aromatic carbocycles. The van der Waals surface area contributed by atoms with Crippen molar-refractivity contribution in [2.45, 2.75) is 30.3 Å². The van der Waals surface area contributed by atoms with E-state index in [-0.39, 0.29) is 12.1 Å². The summed E-state index contributed by atoms with van der Waals surface area (Å²) in [6, 6.07) is 4.86. The monoisotopic (exact) mass is 273 g/mol. The Labute approximate surface area is 125 Å². The molecule has 2 bridgehead atoms. The van der Waals surface area contributed by atoms with Crippen molar-refractivity contribution in [3.8, 4) is 30.8 Å². The van der Waals surface area contributed by atoms with Crippen LogP contribution in [-0.4, -0.2) is 28.5 Å². The first-order chi connectivity index (χ1) is 10.2. The standard InChI is InChI=1S/C18H15N3/c1-3-7-21-16-5-6-17(21)10-18(9-16,13-19)15-8-14(4-2)11-20-12-15/h1-2,5-6,8,11-12,16-17H,7,9-10H2. The van der Waals surface area contributed by atoms with E-state index in [1.807, 2.05) is 6.07 Å².